The average molecular weight is 598 g/mol. The van der Waals surface area contributed by atoms with Crippen molar-refractivity contribution in [2.45, 2.75) is 58.5 Å². The molecule has 228 valence electrons. The van der Waals surface area contributed by atoms with E-state index in [1.54, 1.807) is 24.8 Å². The number of benzene rings is 1. The highest BCUT2D eigenvalue weighted by molar-refractivity contribution is 5.77. The number of anilines is 3. The van der Waals surface area contributed by atoms with Crippen molar-refractivity contribution in [2.24, 2.45) is 0 Å². The summed E-state index contributed by atoms with van der Waals surface area (Å²) in [5.74, 6) is 0.239. The molecule has 1 aromatic carbocycles. The highest BCUT2D eigenvalue weighted by Crippen LogP contribution is 2.39. The van der Waals surface area contributed by atoms with Gasteiger partial charge >= 0.3 is 6.18 Å². The minimum absolute atomic E-state index is 0.0168. The second-order valence-corrected chi connectivity index (χ2v) is 11.1. The van der Waals surface area contributed by atoms with Gasteiger partial charge in [0.05, 0.1) is 18.2 Å². The lowest BCUT2D eigenvalue weighted by Crippen LogP contribution is -2.55. The average Bonchev–Trinajstić information content (AvgIpc) is 3.21. The van der Waals surface area contributed by atoms with E-state index in [9.17, 15) is 22.8 Å². The minimum Gasteiger partial charge on any atom is -0.368 e. The monoisotopic (exact) mass is 597 g/mol. The van der Waals surface area contributed by atoms with Gasteiger partial charge in [0.2, 0.25) is 5.95 Å². The van der Waals surface area contributed by atoms with Crippen LogP contribution in [0.5, 0.6) is 0 Å². The first kappa shape index (κ1) is 30.0. The van der Waals surface area contributed by atoms with Gasteiger partial charge in [0.25, 0.3) is 11.1 Å². The molecule has 5 rings (SSSR count). The third-order valence-corrected chi connectivity index (χ3v) is 7.75. The van der Waals surface area contributed by atoms with Crippen molar-refractivity contribution in [3.8, 4) is 5.82 Å². The van der Waals surface area contributed by atoms with Gasteiger partial charge in [-0.15, -0.1) is 11.7 Å². The summed E-state index contributed by atoms with van der Waals surface area (Å²) in [7, 11) is 1.98. The predicted octanol–water partition coefficient (Wildman–Crippen LogP) is 4.20. The van der Waals surface area contributed by atoms with Crippen molar-refractivity contribution in [1.29, 1.82) is 0 Å². The molecule has 14 heteroatoms. The maximum Gasteiger partial charge on any atom is 0.418 e. The first-order valence-corrected chi connectivity index (χ1v) is 13.9. The molecular formula is C29H34F3N9O2. The Hall–Kier alpha value is -4.46. The molecule has 0 aliphatic carbocycles. The quantitative estimate of drug-likeness (QED) is 0.316. The van der Waals surface area contributed by atoms with Crippen LogP contribution in [0.15, 0.2) is 58.8 Å². The summed E-state index contributed by atoms with van der Waals surface area (Å²) in [6, 6.07) is 6.82. The molecule has 0 bridgehead atoms. The van der Waals surface area contributed by atoms with E-state index in [0.717, 1.165) is 6.07 Å². The molecule has 0 unspecified atom stereocenters. The number of alkyl halides is 3. The molecule has 1 saturated heterocycles. The Morgan fingerprint density at radius 3 is 2.44 bits per heavy atom. The van der Waals surface area contributed by atoms with Crippen molar-refractivity contribution >= 4 is 28.4 Å². The summed E-state index contributed by atoms with van der Waals surface area (Å²) in [5, 5.41) is 7.47. The minimum atomic E-state index is -4.60. The summed E-state index contributed by atoms with van der Waals surface area (Å²) in [6.07, 6.45) is -1.75. The van der Waals surface area contributed by atoms with Crippen LogP contribution < -0.4 is 21.3 Å². The number of allylic oxidation sites excluding steroid dienone is 1. The number of hydrogen-bond donors (Lipinski definition) is 1. The molecule has 0 radical (unpaired) electrons. The summed E-state index contributed by atoms with van der Waals surface area (Å²) in [5.41, 5.74) is -1.07. The molecule has 0 spiro atoms. The summed E-state index contributed by atoms with van der Waals surface area (Å²) < 4.78 is 47.0. The van der Waals surface area contributed by atoms with Gasteiger partial charge in [-0.25, -0.2) is 19.0 Å². The Balaban J connectivity index is 1.57. The highest BCUT2D eigenvalue weighted by Gasteiger charge is 2.37. The number of halogens is 3. The Kier molecular flexibility index (Phi) is 7.90. The molecule has 0 saturated carbocycles. The molecule has 4 aromatic rings. The van der Waals surface area contributed by atoms with Gasteiger partial charge in [-0.05, 0) is 59.0 Å². The standard InChI is InChI=1S/C29H34F3N9O2/c1-7-12-39-27(43)21-14-33-28(35-26(21)41(39)24-10-11-25(42)40(36-24)17(2)3)34-20-8-9-23(22(13-20)29(30,31)32)38-15-18(4)37(6)19(5)16-38/h7-11,13-14,17-19H,1,12,15-16H2,2-6H3,(H,33,34,35)/t18-,19+. The van der Waals surface area contributed by atoms with E-state index in [1.807, 2.05) is 20.9 Å². The van der Waals surface area contributed by atoms with Gasteiger partial charge in [-0.3, -0.25) is 14.5 Å². The van der Waals surface area contributed by atoms with Gasteiger partial charge in [0, 0.05) is 48.8 Å². The van der Waals surface area contributed by atoms with E-state index in [-0.39, 0.29) is 64.4 Å². The molecule has 11 nitrogen and oxygen atoms in total. The maximum absolute atomic E-state index is 14.3. The second kappa shape index (κ2) is 11.3. The van der Waals surface area contributed by atoms with E-state index in [4.69, 9.17) is 0 Å². The van der Waals surface area contributed by atoms with E-state index in [1.165, 1.54) is 44.5 Å². The Morgan fingerprint density at radius 1 is 1.12 bits per heavy atom. The lowest BCUT2D eigenvalue weighted by Gasteiger charge is -2.44. The Bertz CT molecular complexity index is 1780. The van der Waals surface area contributed by atoms with Crippen molar-refractivity contribution < 1.29 is 13.2 Å². The Morgan fingerprint density at radius 2 is 1.81 bits per heavy atom. The molecular weight excluding hydrogens is 563 g/mol. The molecule has 0 amide bonds. The van der Waals surface area contributed by atoms with Gasteiger partial charge in [-0.2, -0.15) is 18.2 Å². The Labute approximate surface area is 245 Å². The molecule has 1 aliphatic heterocycles. The van der Waals surface area contributed by atoms with E-state index >= 15 is 0 Å². The molecule has 1 aliphatic rings. The van der Waals surface area contributed by atoms with Crippen LogP contribution in [-0.4, -0.2) is 66.2 Å². The number of rotatable bonds is 7. The fraction of sp³-hybridized carbons (Fsp3) is 0.414. The normalized spacial score (nSPS) is 18.0. The molecule has 1 fully saturated rings. The number of likely N-dealkylation sites (N-methyl/N-ethyl adjacent to an activating group) is 1. The fourth-order valence-electron chi connectivity index (χ4n) is 5.35. The fourth-order valence-corrected chi connectivity index (χ4v) is 5.35. The largest absolute Gasteiger partial charge is 0.418 e. The third kappa shape index (κ3) is 5.66. The van der Waals surface area contributed by atoms with Crippen molar-refractivity contribution in [1.82, 2.24) is 34.0 Å². The van der Waals surface area contributed by atoms with E-state index in [0.29, 0.717) is 13.1 Å². The molecule has 43 heavy (non-hydrogen) atoms. The van der Waals surface area contributed by atoms with Crippen LogP contribution in [0.1, 0.15) is 39.3 Å². The number of hydrogen-bond acceptors (Lipinski definition) is 8. The first-order chi connectivity index (χ1) is 20.3. The van der Waals surface area contributed by atoms with Crippen LogP contribution in [-0.2, 0) is 12.7 Å². The van der Waals surface area contributed by atoms with Crippen LogP contribution in [0.25, 0.3) is 16.9 Å². The van der Waals surface area contributed by atoms with Crippen LogP contribution in [0.4, 0.5) is 30.5 Å². The zero-order valence-corrected chi connectivity index (χ0v) is 24.6. The lowest BCUT2D eigenvalue weighted by atomic mass is 10.0. The van der Waals surface area contributed by atoms with Gasteiger partial charge in [0.15, 0.2) is 11.5 Å². The first-order valence-electron chi connectivity index (χ1n) is 13.9. The van der Waals surface area contributed by atoms with E-state index < -0.39 is 17.3 Å². The predicted molar refractivity (Wildman–Crippen MR) is 159 cm³/mol. The lowest BCUT2D eigenvalue weighted by molar-refractivity contribution is -0.137. The third-order valence-electron chi connectivity index (χ3n) is 7.75. The van der Waals surface area contributed by atoms with Crippen LogP contribution in [0, 0.1) is 0 Å². The van der Waals surface area contributed by atoms with Crippen molar-refractivity contribution in [3.05, 3.63) is 75.5 Å². The van der Waals surface area contributed by atoms with Crippen LogP contribution in [0.3, 0.4) is 0 Å². The second-order valence-electron chi connectivity index (χ2n) is 11.1. The molecule has 2 atom stereocenters. The van der Waals surface area contributed by atoms with Crippen molar-refractivity contribution in [3.63, 3.8) is 0 Å². The van der Waals surface area contributed by atoms with Gasteiger partial charge < -0.3 is 10.2 Å². The number of nitrogens with one attached hydrogen (secondary N) is 1. The zero-order valence-electron chi connectivity index (χ0n) is 24.6. The number of piperazine rings is 1. The van der Waals surface area contributed by atoms with E-state index in [2.05, 4.69) is 31.9 Å². The number of fused-ring (bicyclic) bond motifs is 1. The molecule has 3 aromatic heterocycles. The van der Waals surface area contributed by atoms with Crippen LogP contribution in [0.2, 0.25) is 0 Å². The van der Waals surface area contributed by atoms with Gasteiger partial charge in [0.1, 0.15) is 5.39 Å². The molecule has 4 heterocycles. The SMILES string of the molecule is C=CCn1c(=O)c2cnc(Nc3ccc(N4C[C@@H](C)N(C)[C@@H](C)C4)c(C(F)(F)F)c3)nc2n1-c1ccc(=O)n(C(C)C)n1. The summed E-state index contributed by atoms with van der Waals surface area (Å²) in [6.45, 7) is 12.4. The zero-order chi connectivity index (χ0) is 31.2. The summed E-state index contributed by atoms with van der Waals surface area (Å²) >= 11 is 0. The smallest absolute Gasteiger partial charge is 0.368 e. The highest BCUT2D eigenvalue weighted by atomic mass is 19.4. The van der Waals surface area contributed by atoms with Gasteiger partial charge in [-0.1, -0.05) is 6.08 Å². The maximum atomic E-state index is 14.3. The topological polar surface area (TPSA) is 106 Å². The number of aromatic nitrogens is 6. The number of nitrogens with zero attached hydrogens (tertiary/aromatic N) is 8. The molecule has 1 N–H and O–H groups in total. The van der Waals surface area contributed by atoms with Crippen molar-refractivity contribution in [2.75, 3.05) is 30.4 Å². The van der Waals surface area contributed by atoms with Crippen LogP contribution >= 0.6 is 0 Å². The summed E-state index contributed by atoms with van der Waals surface area (Å²) in [4.78, 5) is 38.2.